The van der Waals surface area contributed by atoms with Crippen molar-refractivity contribution in [2.75, 3.05) is 37.9 Å². The van der Waals surface area contributed by atoms with Gasteiger partial charge in [0.05, 0.1) is 12.6 Å². The minimum Gasteiger partial charge on any atom is -0.383 e. The number of aromatic nitrogens is 2. The summed E-state index contributed by atoms with van der Waals surface area (Å²) >= 11 is 0. The van der Waals surface area contributed by atoms with Gasteiger partial charge in [-0.15, -0.1) is 0 Å². The number of ether oxygens (including phenoxy) is 1. The lowest BCUT2D eigenvalue weighted by molar-refractivity contribution is -0.128. The number of aryl methyl sites for hydroxylation is 1. The molecule has 0 spiro atoms. The van der Waals surface area contributed by atoms with Gasteiger partial charge in [-0.1, -0.05) is 0 Å². The summed E-state index contributed by atoms with van der Waals surface area (Å²) in [5.74, 6) is 1.06. The van der Waals surface area contributed by atoms with Crippen LogP contribution in [-0.2, 0) is 9.53 Å². The zero-order valence-electron chi connectivity index (χ0n) is 11.2. The number of nitrogens with zero attached hydrogens (tertiary/aromatic N) is 3. The highest BCUT2D eigenvalue weighted by molar-refractivity contribution is 5.80. The maximum absolute atomic E-state index is 11.8. The summed E-state index contributed by atoms with van der Waals surface area (Å²) in [6.07, 6.45) is 2.14. The Labute approximate surface area is 112 Å². The van der Waals surface area contributed by atoms with Crippen molar-refractivity contribution >= 4 is 17.7 Å². The van der Waals surface area contributed by atoms with Gasteiger partial charge < -0.3 is 20.7 Å². The summed E-state index contributed by atoms with van der Waals surface area (Å²) in [5.41, 5.74) is 6.48. The number of amides is 1. The van der Waals surface area contributed by atoms with Crippen molar-refractivity contribution < 1.29 is 9.53 Å². The number of rotatable bonds is 5. The van der Waals surface area contributed by atoms with Crippen molar-refractivity contribution in [3.8, 4) is 0 Å². The summed E-state index contributed by atoms with van der Waals surface area (Å²) in [4.78, 5) is 21.7. The number of hydrogen-bond donors (Lipinski definition) is 2. The molecular formula is C12H19N5O2. The highest BCUT2D eigenvalue weighted by Crippen LogP contribution is 2.18. The van der Waals surface area contributed by atoms with Gasteiger partial charge in [0.15, 0.2) is 0 Å². The second kappa shape index (κ2) is 5.83. The average Bonchev–Trinajstić information content (AvgIpc) is 2.72. The third kappa shape index (κ3) is 3.31. The van der Waals surface area contributed by atoms with Crippen molar-refractivity contribution in [3.63, 3.8) is 0 Å². The molecule has 1 atom stereocenters. The van der Waals surface area contributed by atoms with Crippen molar-refractivity contribution in [3.05, 3.63) is 11.8 Å². The number of likely N-dealkylation sites (tertiary alicyclic amines) is 1. The smallest absolute Gasteiger partial charge is 0.224 e. The molecule has 1 aromatic rings. The molecule has 7 nitrogen and oxygen atoms in total. The Morgan fingerprint density at radius 2 is 2.42 bits per heavy atom. The average molecular weight is 265 g/mol. The molecule has 1 saturated heterocycles. The van der Waals surface area contributed by atoms with Crippen LogP contribution in [0.5, 0.6) is 0 Å². The lowest BCUT2D eigenvalue weighted by Crippen LogP contribution is -2.31. The number of hydrogen-bond acceptors (Lipinski definition) is 6. The first-order chi connectivity index (χ1) is 9.10. The molecule has 0 bridgehead atoms. The minimum absolute atomic E-state index is 0.0531. The quantitative estimate of drug-likeness (QED) is 0.780. The fourth-order valence-corrected chi connectivity index (χ4v) is 2.08. The van der Waals surface area contributed by atoms with Crippen molar-refractivity contribution in [2.45, 2.75) is 19.4 Å². The molecule has 1 amide bonds. The molecule has 1 fully saturated rings. The number of nitrogens with two attached hydrogens (primary N) is 1. The van der Waals surface area contributed by atoms with Crippen molar-refractivity contribution in [1.29, 1.82) is 0 Å². The molecule has 0 saturated carbocycles. The first-order valence-electron chi connectivity index (χ1n) is 6.22. The normalized spacial score (nSPS) is 18.9. The second-order valence-electron chi connectivity index (χ2n) is 4.64. The Hall–Kier alpha value is -1.89. The second-order valence-corrected chi connectivity index (χ2v) is 4.64. The predicted octanol–water partition coefficient (Wildman–Crippen LogP) is 0.0264. The standard InChI is InChI=1S/C12H19N5O2/c1-8-6-14-12(13)16-11(8)15-9-5-10(18)17(7-9)3-4-19-2/h6,9H,3-5,7H2,1-2H3,(H3,13,14,15,16). The van der Waals surface area contributed by atoms with E-state index in [-0.39, 0.29) is 17.9 Å². The van der Waals surface area contributed by atoms with Gasteiger partial charge in [-0.05, 0) is 6.92 Å². The van der Waals surface area contributed by atoms with Gasteiger partial charge in [0.2, 0.25) is 11.9 Å². The van der Waals surface area contributed by atoms with Crippen molar-refractivity contribution in [2.24, 2.45) is 0 Å². The van der Waals surface area contributed by atoms with E-state index in [0.29, 0.717) is 31.9 Å². The van der Waals surface area contributed by atoms with E-state index in [0.717, 1.165) is 5.56 Å². The van der Waals surface area contributed by atoms with E-state index in [2.05, 4.69) is 15.3 Å². The minimum atomic E-state index is 0.0531. The van der Waals surface area contributed by atoms with Crippen LogP contribution in [0, 0.1) is 6.92 Å². The van der Waals surface area contributed by atoms with Crippen LogP contribution in [-0.4, -0.2) is 53.6 Å². The van der Waals surface area contributed by atoms with Crippen LogP contribution >= 0.6 is 0 Å². The van der Waals surface area contributed by atoms with Crippen LogP contribution in [0.2, 0.25) is 0 Å². The van der Waals surface area contributed by atoms with Crippen LogP contribution < -0.4 is 11.1 Å². The molecule has 1 aliphatic heterocycles. The summed E-state index contributed by atoms with van der Waals surface area (Å²) in [6.45, 7) is 3.74. The third-order valence-electron chi connectivity index (χ3n) is 3.11. The maximum atomic E-state index is 11.8. The fraction of sp³-hybridized carbons (Fsp3) is 0.583. The lowest BCUT2D eigenvalue weighted by atomic mass is 10.2. The topological polar surface area (TPSA) is 93.4 Å². The summed E-state index contributed by atoms with van der Waals surface area (Å²) in [7, 11) is 1.63. The first kappa shape index (κ1) is 13.5. The van der Waals surface area contributed by atoms with Crippen LogP contribution in [0.25, 0.3) is 0 Å². The molecule has 1 aliphatic rings. The van der Waals surface area contributed by atoms with E-state index >= 15 is 0 Å². The van der Waals surface area contributed by atoms with Crippen LogP contribution in [0.4, 0.5) is 11.8 Å². The zero-order chi connectivity index (χ0) is 13.8. The van der Waals surface area contributed by atoms with Crippen LogP contribution in [0.15, 0.2) is 6.20 Å². The van der Waals surface area contributed by atoms with Crippen LogP contribution in [0.3, 0.4) is 0 Å². The largest absolute Gasteiger partial charge is 0.383 e. The molecule has 19 heavy (non-hydrogen) atoms. The van der Waals surface area contributed by atoms with Gasteiger partial charge in [-0.25, -0.2) is 4.98 Å². The third-order valence-corrected chi connectivity index (χ3v) is 3.11. The van der Waals surface area contributed by atoms with Gasteiger partial charge >= 0.3 is 0 Å². The van der Waals surface area contributed by atoms with E-state index in [4.69, 9.17) is 10.5 Å². The number of carbonyl (C=O) groups is 1. The van der Waals surface area contributed by atoms with Gasteiger partial charge in [0.25, 0.3) is 0 Å². The number of carbonyl (C=O) groups excluding carboxylic acids is 1. The Kier molecular flexibility index (Phi) is 4.16. The number of methoxy groups -OCH3 is 1. The van der Waals surface area contributed by atoms with Gasteiger partial charge in [0.1, 0.15) is 5.82 Å². The van der Waals surface area contributed by atoms with Crippen molar-refractivity contribution in [1.82, 2.24) is 14.9 Å². The molecule has 0 aromatic carbocycles. The lowest BCUT2D eigenvalue weighted by Gasteiger charge is -2.17. The summed E-state index contributed by atoms with van der Waals surface area (Å²) in [6, 6.07) is 0.0531. The highest BCUT2D eigenvalue weighted by atomic mass is 16.5. The maximum Gasteiger partial charge on any atom is 0.224 e. The summed E-state index contributed by atoms with van der Waals surface area (Å²) < 4.78 is 4.99. The Balaban J connectivity index is 1.97. The Bertz CT molecular complexity index is 465. The van der Waals surface area contributed by atoms with E-state index in [1.165, 1.54) is 0 Å². The monoisotopic (exact) mass is 265 g/mol. The van der Waals surface area contributed by atoms with Gasteiger partial charge in [-0.3, -0.25) is 4.79 Å². The fourth-order valence-electron chi connectivity index (χ4n) is 2.08. The molecule has 0 aliphatic carbocycles. The molecule has 1 unspecified atom stereocenters. The number of anilines is 2. The molecule has 104 valence electrons. The van der Waals surface area contributed by atoms with E-state index in [1.54, 1.807) is 18.2 Å². The molecule has 0 radical (unpaired) electrons. The Morgan fingerprint density at radius 3 is 3.16 bits per heavy atom. The SMILES string of the molecule is COCCN1CC(Nc2nc(N)ncc2C)CC1=O. The Morgan fingerprint density at radius 1 is 1.63 bits per heavy atom. The molecule has 1 aromatic heterocycles. The highest BCUT2D eigenvalue weighted by Gasteiger charge is 2.29. The van der Waals surface area contributed by atoms with E-state index in [1.807, 2.05) is 6.92 Å². The van der Waals surface area contributed by atoms with Gasteiger partial charge in [-0.2, -0.15) is 4.98 Å². The van der Waals surface area contributed by atoms with E-state index < -0.39 is 0 Å². The number of nitrogens with one attached hydrogen (secondary N) is 1. The predicted molar refractivity (Wildman–Crippen MR) is 71.7 cm³/mol. The summed E-state index contributed by atoms with van der Waals surface area (Å²) in [5, 5.41) is 3.25. The van der Waals surface area contributed by atoms with E-state index in [9.17, 15) is 4.79 Å². The molecule has 2 heterocycles. The molecular weight excluding hydrogens is 246 g/mol. The van der Waals surface area contributed by atoms with Crippen LogP contribution in [0.1, 0.15) is 12.0 Å². The van der Waals surface area contributed by atoms with Gasteiger partial charge in [0, 0.05) is 38.4 Å². The molecule has 3 N–H and O–H groups in total. The first-order valence-corrected chi connectivity index (χ1v) is 6.22. The molecule has 2 rings (SSSR count). The number of nitrogen functional groups attached to an aromatic ring is 1. The molecule has 7 heteroatoms. The zero-order valence-corrected chi connectivity index (χ0v) is 11.2.